The van der Waals surface area contributed by atoms with Crippen molar-refractivity contribution in [3.8, 4) is 22.8 Å². The second-order valence-corrected chi connectivity index (χ2v) is 10.8. The molecule has 6 rings (SSSR count). The van der Waals surface area contributed by atoms with Gasteiger partial charge in [-0.15, -0.1) is 5.10 Å². The van der Waals surface area contributed by atoms with E-state index >= 15 is 0 Å². The number of carbonyl (C=O) groups excluding carboxylic acids is 1. The summed E-state index contributed by atoms with van der Waals surface area (Å²) < 4.78 is 33.6. The molecule has 4 aromatic rings. The third kappa shape index (κ3) is 10.9. The van der Waals surface area contributed by atoms with Crippen LogP contribution in [0.5, 0.6) is 0 Å². The van der Waals surface area contributed by atoms with Crippen LogP contribution in [0, 0.1) is 24.5 Å². The van der Waals surface area contributed by atoms with Gasteiger partial charge in [0.2, 0.25) is 5.91 Å². The number of benzene rings is 2. The number of nitrogens with zero attached hydrogens (tertiary/aromatic N) is 7. The Kier molecular flexibility index (Phi) is 15.4. The molecule has 0 radical (unpaired) electrons. The predicted octanol–water partition coefficient (Wildman–Crippen LogP) is 7.21. The van der Waals surface area contributed by atoms with E-state index in [9.17, 15) is 13.6 Å². The molecule has 1 amide bonds. The summed E-state index contributed by atoms with van der Waals surface area (Å²) in [4.78, 5) is 30.1. The van der Waals surface area contributed by atoms with Crippen LogP contribution in [0.2, 0.25) is 0 Å². The van der Waals surface area contributed by atoms with Gasteiger partial charge in [0.15, 0.2) is 11.6 Å². The Balaban J connectivity index is 0.000000429. The van der Waals surface area contributed by atoms with Crippen molar-refractivity contribution in [2.24, 2.45) is 5.92 Å². The first-order valence-corrected chi connectivity index (χ1v) is 16.8. The Hall–Kier alpha value is -4.25. The number of rotatable bonds is 7. The molecule has 4 heterocycles. The summed E-state index contributed by atoms with van der Waals surface area (Å²) in [6.45, 7) is 16.6. The topological polar surface area (TPSA) is 89.3 Å². The smallest absolute Gasteiger partial charge is 0.244 e. The van der Waals surface area contributed by atoms with Gasteiger partial charge in [0.25, 0.3) is 0 Å². The number of hydrogen-bond donors (Lipinski definition) is 0. The van der Waals surface area contributed by atoms with E-state index in [1.165, 1.54) is 48.2 Å². The standard InChI is InChI=1S/C25H23F2N7O.C7H14O.2C2H6/c1-17-14-22(29-16-28-17)32-10-12-33(13-11-32)23(35)15-34-25(19-4-8-21(27)9-5-19)30-24(31-34)18-2-6-20(26)7-3-18;1-2-3-7-4-5-8-6-7;2*1-2/h2-9,14,16H,10-13,15H2,1H3;7H,2-6H2,1H3;2*1-2H3. The maximum absolute atomic E-state index is 13.5. The van der Waals surface area contributed by atoms with E-state index in [2.05, 4.69) is 31.9 Å². The van der Waals surface area contributed by atoms with Gasteiger partial charge in [-0.25, -0.2) is 28.4 Å². The molecule has 0 N–H and O–H groups in total. The average molecular weight is 650 g/mol. The molecule has 0 saturated carbocycles. The van der Waals surface area contributed by atoms with Crippen molar-refractivity contribution in [1.82, 2.24) is 29.6 Å². The molecule has 9 nitrogen and oxygen atoms in total. The number of aromatic nitrogens is 5. The molecule has 2 saturated heterocycles. The molecule has 47 heavy (non-hydrogen) atoms. The predicted molar refractivity (Wildman–Crippen MR) is 183 cm³/mol. The zero-order valence-corrected chi connectivity index (χ0v) is 28.6. The van der Waals surface area contributed by atoms with Crippen LogP contribution < -0.4 is 4.90 Å². The van der Waals surface area contributed by atoms with Crippen LogP contribution in [0.1, 0.15) is 59.6 Å². The maximum atomic E-state index is 13.5. The Morgan fingerprint density at radius 3 is 2.06 bits per heavy atom. The molecule has 1 atom stereocenters. The molecule has 2 aromatic carbocycles. The average Bonchev–Trinajstić information content (AvgIpc) is 3.78. The highest BCUT2D eigenvalue weighted by atomic mass is 19.1. The molecule has 0 aliphatic carbocycles. The van der Waals surface area contributed by atoms with Crippen molar-refractivity contribution < 1.29 is 18.3 Å². The first-order chi connectivity index (χ1) is 22.9. The molecule has 2 aliphatic heterocycles. The van der Waals surface area contributed by atoms with E-state index in [-0.39, 0.29) is 24.1 Å². The van der Waals surface area contributed by atoms with Crippen molar-refractivity contribution in [1.29, 1.82) is 0 Å². The second kappa shape index (κ2) is 19.4. The minimum absolute atomic E-state index is 0.0203. The fourth-order valence-corrected chi connectivity index (χ4v) is 5.23. The highest BCUT2D eigenvalue weighted by molar-refractivity contribution is 5.77. The van der Waals surface area contributed by atoms with Crippen LogP contribution in [0.25, 0.3) is 22.8 Å². The minimum atomic E-state index is -0.369. The zero-order valence-electron chi connectivity index (χ0n) is 28.6. The maximum Gasteiger partial charge on any atom is 0.244 e. The van der Waals surface area contributed by atoms with Crippen LogP contribution in [0.4, 0.5) is 14.6 Å². The number of anilines is 1. The lowest BCUT2D eigenvalue weighted by atomic mass is 10.0. The van der Waals surface area contributed by atoms with Crippen molar-refractivity contribution in [3.05, 3.63) is 78.3 Å². The van der Waals surface area contributed by atoms with E-state index < -0.39 is 0 Å². The summed E-state index contributed by atoms with van der Waals surface area (Å²) in [6.07, 6.45) is 5.52. The number of piperazine rings is 1. The molecule has 254 valence electrons. The van der Waals surface area contributed by atoms with Gasteiger partial charge >= 0.3 is 0 Å². The van der Waals surface area contributed by atoms with Crippen molar-refractivity contribution >= 4 is 11.7 Å². The molecule has 2 aliphatic rings. The van der Waals surface area contributed by atoms with Crippen molar-refractivity contribution in [2.75, 3.05) is 44.3 Å². The van der Waals surface area contributed by atoms with Crippen LogP contribution in [-0.4, -0.2) is 74.9 Å². The van der Waals surface area contributed by atoms with Crippen LogP contribution in [0.3, 0.4) is 0 Å². The van der Waals surface area contributed by atoms with Crippen molar-refractivity contribution in [2.45, 2.75) is 67.3 Å². The largest absolute Gasteiger partial charge is 0.381 e. The van der Waals surface area contributed by atoms with Crippen molar-refractivity contribution in [3.63, 3.8) is 0 Å². The van der Waals surface area contributed by atoms with Gasteiger partial charge in [0.1, 0.15) is 30.3 Å². The number of ether oxygens (including phenoxy) is 1. The third-order valence-corrected chi connectivity index (χ3v) is 7.63. The molecule has 11 heteroatoms. The molecule has 1 unspecified atom stereocenters. The van der Waals surface area contributed by atoms with Crippen LogP contribution in [-0.2, 0) is 16.1 Å². The SMILES string of the molecule is CC.CC.CCCC1CCOC1.Cc1cc(N2CCN(C(=O)Cn3nc(-c4ccc(F)cc4)nc3-c3ccc(F)cc3)CC2)ncn1. The molecule has 2 aromatic heterocycles. The Morgan fingerprint density at radius 1 is 0.894 bits per heavy atom. The summed E-state index contributed by atoms with van der Waals surface area (Å²) in [7, 11) is 0. The number of amides is 1. The summed E-state index contributed by atoms with van der Waals surface area (Å²) in [5.41, 5.74) is 2.14. The summed E-state index contributed by atoms with van der Waals surface area (Å²) in [6, 6.07) is 13.6. The molecule has 0 bridgehead atoms. The lowest BCUT2D eigenvalue weighted by Crippen LogP contribution is -2.50. The number of halogens is 2. The van der Waals surface area contributed by atoms with E-state index in [1.54, 1.807) is 35.5 Å². The van der Waals surface area contributed by atoms with Gasteiger partial charge in [-0.2, -0.15) is 0 Å². The molecule has 0 spiro atoms. The molecular weight excluding hydrogens is 600 g/mol. The molecular formula is C36H49F2N7O2. The Bertz CT molecular complexity index is 1480. The molecule has 2 fully saturated rings. The van der Waals surface area contributed by atoms with Crippen LogP contribution >= 0.6 is 0 Å². The quantitative estimate of drug-likeness (QED) is 0.209. The number of hydrogen-bond acceptors (Lipinski definition) is 7. The third-order valence-electron chi connectivity index (χ3n) is 7.63. The van der Waals surface area contributed by atoms with Gasteiger partial charge in [0, 0.05) is 62.3 Å². The second-order valence-electron chi connectivity index (χ2n) is 10.8. The van der Waals surface area contributed by atoms with Gasteiger partial charge in [0.05, 0.1) is 0 Å². The fraction of sp³-hybridized carbons (Fsp3) is 0.472. The van der Waals surface area contributed by atoms with Gasteiger partial charge in [-0.1, -0.05) is 41.0 Å². The zero-order chi connectivity index (χ0) is 34.2. The Labute approximate surface area is 278 Å². The van der Waals surface area contributed by atoms with E-state index in [1.807, 2.05) is 40.7 Å². The normalized spacial score (nSPS) is 15.4. The first kappa shape index (κ1) is 37.2. The van der Waals surface area contributed by atoms with E-state index in [0.29, 0.717) is 49.0 Å². The number of carbonyl (C=O) groups is 1. The van der Waals surface area contributed by atoms with Crippen LogP contribution in [0.15, 0.2) is 60.9 Å². The summed E-state index contributed by atoms with van der Waals surface area (Å²) >= 11 is 0. The highest BCUT2D eigenvalue weighted by Crippen LogP contribution is 2.24. The summed E-state index contributed by atoms with van der Waals surface area (Å²) in [5.74, 6) is 1.71. The van der Waals surface area contributed by atoms with E-state index in [4.69, 9.17) is 4.74 Å². The van der Waals surface area contributed by atoms with Gasteiger partial charge in [-0.05, 0) is 74.2 Å². The van der Waals surface area contributed by atoms with Gasteiger partial charge in [-0.3, -0.25) is 4.79 Å². The minimum Gasteiger partial charge on any atom is -0.381 e. The lowest BCUT2D eigenvalue weighted by Gasteiger charge is -2.35. The summed E-state index contributed by atoms with van der Waals surface area (Å²) in [5, 5.41) is 4.53. The highest BCUT2D eigenvalue weighted by Gasteiger charge is 2.24. The fourth-order valence-electron chi connectivity index (χ4n) is 5.23. The first-order valence-electron chi connectivity index (χ1n) is 16.8. The Morgan fingerprint density at radius 2 is 1.51 bits per heavy atom. The lowest BCUT2D eigenvalue weighted by molar-refractivity contribution is -0.132. The van der Waals surface area contributed by atoms with E-state index in [0.717, 1.165) is 30.6 Å². The van der Waals surface area contributed by atoms with Gasteiger partial charge < -0.3 is 14.5 Å². The number of aryl methyl sites for hydroxylation is 1. The monoisotopic (exact) mass is 649 g/mol.